The molecule has 128 valence electrons. The Morgan fingerprint density at radius 2 is 1.26 bits per heavy atom. The number of hydrogen-bond acceptors (Lipinski definition) is 2. The topological polar surface area (TPSA) is 43.1 Å². The minimum atomic E-state index is -0.824. The Labute approximate surface area is 138 Å². The molecule has 1 atom stereocenters. The van der Waals surface area contributed by atoms with Gasteiger partial charge in [0.1, 0.15) is 23.3 Å². The van der Waals surface area contributed by atoms with E-state index in [9.17, 15) is 22.4 Å². The van der Waals surface area contributed by atoms with Crippen molar-refractivity contribution in [3.63, 3.8) is 0 Å². The molecule has 2 nitrogen and oxygen atoms in total. The first kappa shape index (κ1) is 23.3. The lowest BCUT2D eigenvalue weighted by atomic mass is 10.1. The fourth-order valence-corrected chi connectivity index (χ4v) is 1.57. The fourth-order valence-electron chi connectivity index (χ4n) is 1.57. The lowest BCUT2D eigenvalue weighted by molar-refractivity contribution is -0.0000142. The van der Waals surface area contributed by atoms with Gasteiger partial charge in [0.05, 0.1) is 5.56 Å². The molecule has 0 spiro atoms. The zero-order valence-electron chi connectivity index (χ0n) is 11.5. The first-order chi connectivity index (χ1) is 9.88. The minimum absolute atomic E-state index is 0. The van der Waals surface area contributed by atoms with Gasteiger partial charge in [-0.3, -0.25) is 4.79 Å². The van der Waals surface area contributed by atoms with E-state index in [1.807, 2.05) is 0 Å². The number of benzene rings is 2. The number of carbonyl (C=O) groups is 1. The van der Waals surface area contributed by atoms with Gasteiger partial charge in [0, 0.05) is 11.6 Å². The van der Waals surface area contributed by atoms with Crippen LogP contribution in [0.4, 0.5) is 17.6 Å². The molecule has 23 heavy (non-hydrogen) atoms. The van der Waals surface area contributed by atoms with E-state index in [0.29, 0.717) is 0 Å². The van der Waals surface area contributed by atoms with Gasteiger partial charge in [-0.1, -0.05) is 19.6 Å². The Bertz CT molecular complexity index is 595. The maximum atomic E-state index is 12.8. The smallest absolute Gasteiger partial charge is 0.155 e. The van der Waals surface area contributed by atoms with Crippen molar-refractivity contribution in [2.75, 3.05) is 0 Å². The summed E-state index contributed by atoms with van der Waals surface area (Å²) >= 11 is 0. The van der Waals surface area contributed by atoms with Crippen LogP contribution in [0.3, 0.4) is 0 Å². The molecule has 2 aromatic carbocycles. The first-order valence-electron chi connectivity index (χ1n) is 5.97. The molecular formula is C16H17ClF4NO-. The molecular weight excluding hydrogens is 334 g/mol. The molecule has 2 rings (SSSR count). The van der Waals surface area contributed by atoms with Gasteiger partial charge in [0.15, 0.2) is 6.29 Å². The molecule has 0 unspecified atom stereocenters. The highest BCUT2D eigenvalue weighted by atomic mass is 35.5. The van der Waals surface area contributed by atoms with Crippen LogP contribution in [0, 0.1) is 23.3 Å². The molecule has 0 amide bonds. The molecule has 0 aliphatic heterocycles. The fraction of sp³-hybridized carbons (Fsp3) is 0.188. The van der Waals surface area contributed by atoms with E-state index in [0.717, 1.165) is 12.1 Å². The highest BCUT2D eigenvalue weighted by Crippen LogP contribution is 2.17. The van der Waals surface area contributed by atoms with Crippen molar-refractivity contribution in [2.45, 2.75) is 20.4 Å². The van der Waals surface area contributed by atoms with Gasteiger partial charge >= 0.3 is 0 Å². The van der Waals surface area contributed by atoms with Gasteiger partial charge < -0.3 is 18.1 Å². The van der Waals surface area contributed by atoms with Crippen LogP contribution in [0.15, 0.2) is 36.4 Å². The molecule has 0 heterocycles. The van der Waals surface area contributed by atoms with E-state index in [1.54, 1.807) is 6.92 Å². The van der Waals surface area contributed by atoms with Crippen LogP contribution in [-0.2, 0) is 0 Å². The van der Waals surface area contributed by atoms with E-state index in [1.165, 1.54) is 24.3 Å². The molecule has 0 saturated carbocycles. The summed E-state index contributed by atoms with van der Waals surface area (Å²) < 4.78 is 50.3. The van der Waals surface area contributed by atoms with Crippen molar-refractivity contribution in [1.82, 2.24) is 0 Å². The second kappa shape index (κ2) is 10.7. The summed E-state index contributed by atoms with van der Waals surface area (Å²) in [4.78, 5) is 9.97. The van der Waals surface area contributed by atoms with Crippen LogP contribution in [0.2, 0.25) is 0 Å². The number of rotatable bonds is 2. The van der Waals surface area contributed by atoms with Crippen molar-refractivity contribution in [1.29, 1.82) is 0 Å². The summed E-state index contributed by atoms with van der Waals surface area (Å²) in [6.07, 6.45) is 0.157. The molecule has 2 aromatic rings. The van der Waals surface area contributed by atoms with Crippen LogP contribution >= 0.6 is 0 Å². The predicted molar refractivity (Wildman–Crippen MR) is 77.4 cm³/mol. The van der Waals surface area contributed by atoms with Crippen LogP contribution in [0.25, 0.3) is 0 Å². The lowest BCUT2D eigenvalue weighted by Crippen LogP contribution is -3.00. The van der Waals surface area contributed by atoms with Crippen LogP contribution in [0.5, 0.6) is 0 Å². The normalized spacial score (nSPS) is 10.3. The van der Waals surface area contributed by atoms with E-state index < -0.39 is 34.9 Å². The van der Waals surface area contributed by atoms with Gasteiger partial charge in [-0.15, -0.1) is 0 Å². The third-order valence-corrected chi connectivity index (χ3v) is 2.57. The van der Waals surface area contributed by atoms with Gasteiger partial charge in [-0.05, 0) is 31.2 Å². The summed E-state index contributed by atoms with van der Waals surface area (Å²) in [6, 6.07) is 6.38. The van der Waals surface area contributed by atoms with Gasteiger partial charge in [-0.2, -0.15) is 0 Å². The van der Waals surface area contributed by atoms with E-state index in [2.05, 4.69) is 0 Å². The molecule has 0 aromatic heterocycles. The third-order valence-electron chi connectivity index (χ3n) is 2.57. The quantitative estimate of drug-likeness (QED) is 0.657. The second-order valence-electron chi connectivity index (χ2n) is 4.18. The molecule has 7 heteroatoms. The van der Waals surface area contributed by atoms with Gasteiger partial charge in [-0.25, -0.2) is 17.6 Å². The maximum Gasteiger partial charge on any atom is 0.155 e. The summed E-state index contributed by atoms with van der Waals surface area (Å²) in [6.45, 7) is 1.54. The zero-order chi connectivity index (χ0) is 16.0. The van der Waals surface area contributed by atoms with E-state index >= 15 is 0 Å². The second-order valence-corrected chi connectivity index (χ2v) is 4.18. The predicted octanol–water partition coefficient (Wildman–Crippen LogP) is 1.40. The Kier molecular flexibility index (Phi) is 10.9. The molecule has 0 aliphatic carbocycles. The summed E-state index contributed by atoms with van der Waals surface area (Å²) in [5.74, 6) is -2.81. The first-order valence-corrected chi connectivity index (χ1v) is 5.97. The van der Waals surface area contributed by atoms with Crippen LogP contribution < -0.4 is 18.1 Å². The molecule has 0 fully saturated rings. The van der Waals surface area contributed by atoms with Crippen LogP contribution in [-0.4, -0.2) is 6.29 Å². The highest BCUT2D eigenvalue weighted by Gasteiger charge is 2.11. The van der Waals surface area contributed by atoms with Crippen molar-refractivity contribution in [3.8, 4) is 0 Å². The van der Waals surface area contributed by atoms with Gasteiger partial charge in [0.2, 0.25) is 0 Å². The number of halogens is 5. The lowest BCUT2D eigenvalue weighted by Gasteiger charge is -2.06. The van der Waals surface area contributed by atoms with Crippen molar-refractivity contribution < 1.29 is 34.8 Å². The van der Waals surface area contributed by atoms with Crippen molar-refractivity contribution in [2.24, 2.45) is 5.73 Å². The van der Waals surface area contributed by atoms with Crippen LogP contribution in [0.1, 0.15) is 36.3 Å². The number of aldehydes is 1. The summed E-state index contributed by atoms with van der Waals surface area (Å²) in [5.41, 5.74) is 4.78. The largest absolute Gasteiger partial charge is 1.00 e. The van der Waals surface area contributed by atoms with Crippen molar-refractivity contribution >= 4 is 6.29 Å². The Morgan fingerprint density at radius 1 is 0.913 bits per heavy atom. The molecule has 0 saturated heterocycles. The standard InChI is InChI=1S/C8H9F2N.C7H4F2O.CH4.ClH/c1-5(11)8-6(9)3-2-4-7(8)10;8-6-2-1-3-7(9)5(6)4-10;;/h2-5H,11H2,1H3;1-4H;1H4;1H/p-1/t5-;;;/m0.../s1. The van der Waals surface area contributed by atoms with Gasteiger partial charge in [0.25, 0.3) is 0 Å². The Hall–Kier alpha value is -1.92. The van der Waals surface area contributed by atoms with E-state index in [-0.39, 0.29) is 31.7 Å². The molecule has 2 N–H and O–H groups in total. The minimum Gasteiger partial charge on any atom is -1.00 e. The SMILES string of the molecule is C.C[C@H](N)c1c(F)cccc1F.O=Cc1c(F)cccc1F.[Cl-]. The molecule has 0 radical (unpaired) electrons. The monoisotopic (exact) mass is 350 g/mol. The number of nitrogens with two attached hydrogens (primary N) is 1. The average Bonchev–Trinajstić information content (AvgIpc) is 2.39. The molecule has 0 bridgehead atoms. The van der Waals surface area contributed by atoms with Crippen molar-refractivity contribution in [3.05, 3.63) is 70.8 Å². The number of hydrogen-bond donors (Lipinski definition) is 1. The van der Waals surface area contributed by atoms with E-state index in [4.69, 9.17) is 5.73 Å². The number of carbonyl (C=O) groups excluding carboxylic acids is 1. The summed E-state index contributed by atoms with van der Waals surface area (Å²) in [7, 11) is 0. The highest BCUT2D eigenvalue weighted by molar-refractivity contribution is 5.75. The Morgan fingerprint density at radius 3 is 1.48 bits per heavy atom. The third kappa shape index (κ3) is 6.38. The Balaban J connectivity index is 0. The summed E-state index contributed by atoms with van der Waals surface area (Å²) in [5, 5.41) is 0. The maximum absolute atomic E-state index is 12.8. The zero-order valence-corrected chi connectivity index (χ0v) is 12.3. The average molecular weight is 351 g/mol. The molecule has 0 aliphatic rings.